The van der Waals surface area contributed by atoms with E-state index >= 15 is 0 Å². The minimum atomic E-state index is -0.513. The van der Waals surface area contributed by atoms with Gasteiger partial charge in [-0.3, -0.25) is 19.0 Å². The van der Waals surface area contributed by atoms with Gasteiger partial charge in [0, 0.05) is 24.4 Å². The Labute approximate surface area is 148 Å². The van der Waals surface area contributed by atoms with Crippen molar-refractivity contribution in [2.45, 2.75) is 32.1 Å². The number of rotatable bonds is 4. The van der Waals surface area contributed by atoms with E-state index in [9.17, 15) is 19.5 Å². The second-order valence-corrected chi connectivity index (χ2v) is 7.00. The molecular weight excluding hydrogens is 340 g/mol. The number of aromatic nitrogens is 2. The lowest BCUT2D eigenvalue weighted by atomic mass is 9.90. The molecule has 0 atom stereocenters. The molecule has 1 N–H and O–H groups in total. The predicted octanol–water partition coefficient (Wildman–Crippen LogP) is 2.70. The number of nitrogens with zero attached hydrogens (tertiary/aromatic N) is 2. The molecule has 7 heteroatoms. The fourth-order valence-electron chi connectivity index (χ4n) is 2.89. The van der Waals surface area contributed by atoms with Crippen LogP contribution in [0.25, 0.3) is 16.8 Å². The fraction of sp³-hybridized carbons (Fsp3) is 0.333. The lowest BCUT2D eigenvalue weighted by Crippen LogP contribution is -2.26. The Morgan fingerprint density at radius 2 is 2.00 bits per heavy atom. The van der Waals surface area contributed by atoms with Gasteiger partial charge in [0.2, 0.25) is 0 Å². The molecule has 1 fully saturated rings. The quantitative estimate of drug-likeness (QED) is 0.513. The molecule has 2 heterocycles. The van der Waals surface area contributed by atoms with Crippen molar-refractivity contribution >= 4 is 40.1 Å². The molecule has 0 aliphatic heterocycles. The molecule has 3 rings (SSSR count). The Balaban J connectivity index is 2.26. The van der Waals surface area contributed by atoms with E-state index in [1.165, 1.54) is 22.4 Å². The first kappa shape index (κ1) is 17.4. The van der Waals surface area contributed by atoms with Crippen molar-refractivity contribution in [3.8, 4) is 0 Å². The molecule has 0 aromatic carbocycles. The second kappa shape index (κ2) is 7.23. The Hall–Kier alpha value is -2.41. The van der Waals surface area contributed by atoms with E-state index in [2.05, 4.69) is 4.98 Å². The lowest BCUT2D eigenvalue weighted by Gasteiger charge is -2.15. The van der Waals surface area contributed by atoms with E-state index in [-0.39, 0.29) is 24.0 Å². The van der Waals surface area contributed by atoms with Crippen LogP contribution in [-0.2, 0) is 15.5 Å². The van der Waals surface area contributed by atoms with Crippen LogP contribution in [0.3, 0.4) is 0 Å². The molecule has 1 saturated carbocycles. The molecule has 1 aliphatic carbocycles. The average molecular weight is 358 g/mol. The molecule has 130 valence electrons. The molecule has 25 heavy (non-hydrogen) atoms. The molecule has 0 amide bonds. The zero-order valence-electron chi connectivity index (χ0n) is 13.8. The number of hydrogen-bond donors (Lipinski definition) is 1. The second-order valence-electron chi connectivity index (χ2n) is 5.75. The first-order valence-electron chi connectivity index (χ1n) is 8.11. The SMILES string of the molecule is CCSCn1c(=O)c(C(O)=C2C(=O)CCCC2=O)cc2cccnc21. The molecule has 1 aliphatic rings. The summed E-state index contributed by atoms with van der Waals surface area (Å²) in [6.45, 7) is 1.98. The highest BCUT2D eigenvalue weighted by Gasteiger charge is 2.29. The molecule has 0 bridgehead atoms. The number of thioether (sulfide) groups is 1. The van der Waals surface area contributed by atoms with Crippen LogP contribution < -0.4 is 5.56 Å². The number of fused-ring (bicyclic) bond motifs is 1. The summed E-state index contributed by atoms with van der Waals surface area (Å²) in [4.78, 5) is 41.3. The molecule has 6 nitrogen and oxygen atoms in total. The summed E-state index contributed by atoms with van der Waals surface area (Å²) in [6, 6.07) is 5.01. The summed E-state index contributed by atoms with van der Waals surface area (Å²) in [5, 5.41) is 11.2. The normalized spacial score (nSPS) is 15.0. The van der Waals surface area contributed by atoms with Crippen LogP contribution in [0.2, 0.25) is 0 Å². The van der Waals surface area contributed by atoms with Gasteiger partial charge in [0.25, 0.3) is 5.56 Å². The Kier molecular flexibility index (Phi) is 5.03. The Morgan fingerprint density at radius 3 is 2.68 bits per heavy atom. The van der Waals surface area contributed by atoms with Crippen LogP contribution in [0.1, 0.15) is 31.7 Å². The van der Waals surface area contributed by atoms with E-state index in [4.69, 9.17) is 0 Å². The van der Waals surface area contributed by atoms with Crippen molar-refractivity contribution in [3.05, 3.63) is 45.9 Å². The summed E-state index contributed by atoms with van der Waals surface area (Å²) in [6.07, 6.45) is 2.49. The summed E-state index contributed by atoms with van der Waals surface area (Å²) < 4.78 is 1.47. The topological polar surface area (TPSA) is 89.3 Å². The van der Waals surface area contributed by atoms with Gasteiger partial charge in [-0.25, -0.2) is 4.98 Å². The third-order valence-corrected chi connectivity index (χ3v) is 4.98. The zero-order valence-corrected chi connectivity index (χ0v) is 14.6. The largest absolute Gasteiger partial charge is 0.506 e. The van der Waals surface area contributed by atoms with E-state index in [0.717, 1.165) is 5.75 Å². The zero-order chi connectivity index (χ0) is 18.0. The first-order valence-corrected chi connectivity index (χ1v) is 9.26. The van der Waals surface area contributed by atoms with Crippen LogP contribution >= 0.6 is 11.8 Å². The maximum absolute atomic E-state index is 12.9. The van der Waals surface area contributed by atoms with Crippen molar-refractivity contribution < 1.29 is 14.7 Å². The predicted molar refractivity (Wildman–Crippen MR) is 97.5 cm³/mol. The highest BCUT2D eigenvalue weighted by molar-refractivity contribution is 7.98. The van der Waals surface area contributed by atoms with Crippen LogP contribution in [-0.4, -0.2) is 32.0 Å². The Bertz CT molecular complexity index is 928. The monoisotopic (exact) mass is 358 g/mol. The fourth-order valence-corrected chi connectivity index (χ4v) is 3.50. The van der Waals surface area contributed by atoms with Gasteiger partial charge in [-0.05, 0) is 30.4 Å². The summed E-state index contributed by atoms with van der Waals surface area (Å²) >= 11 is 1.54. The van der Waals surface area contributed by atoms with Crippen molar-refractivity contribution in [3.63, 3.8) is 0 Å². The lowest BCUT2D eigenvalue weighted by molar-refractivity contribution is -0.123. The van der Waals surface area contributed by atoms with Crippen molar-refractivity contribution in [1.29, 1.82) is 0 Å². The van der Waals surface area contributed by atoms with Gasteiger partial charge in [0.1, 0.15) is 17.0 Å². The minimum Gasteiger partial charge on any atom is -0.506 e. The van der Waals surface area contributed by atoms with Crippen LogP contribution in [0, 0.1) is 0 Å². The first-order chi connectivity index (χ1) is 12.0. The van der Waals surface area contributed by atoms with Crippen molar-refractivity contribution in [2.75, 3.05) is 5.75 Å². The van der Waals surface area contributed by atoms with Gasteiger partial charge in [0.15, 0.2) is 11.6 Å². The number of pyridine rings is 2. The number of aliphatic hydroxyl groups excluding tert-OH is 1. The van der Waals surface area contributed by atoms with Crippen LogP contribution in [0.15, 0.2) is 34.8 Å². The Morgan fingerprint density at radius 1 is 1.28 bits per heavy atom. The van der Waals surface area contributed by atoms with E-state index in [0.29, 0.717) is 23.3 Å². The molecule has 0 radical (unpaired) electrons. The van der Waals surface area contributed by atoms with Gasteiger partial charge in [-0.15, -0.1) is 11.8 Å². The van der Waals surface area contributed by atoms with E-state index in [1.54, 1.807) is 18.3 Å². The van der Waals surface area contributed by atoms with Gasteiger partial charge in [-0.1, -0.05) is 6.92 Å². The summed E-state index contributed by atoms with van der Waals surface area (Å²) in [5.74, 6) is -0.139. The molecule has 0 saturated heterocycles. The van der Waals surface area contributed by atoms with Gasteiger partial charge in [-0.2, -0.15) is 0 Å². The van der Waals surface area contributed by atoms with Gasteiger partial charge in [0.05, 0.1) is 11.4 Å². The van der Waals surface area contributed by atoms with Crippen molar-refractivity contribution in [2.24, 2.45) is 0 Å². The molecule has 2 aromatic heterocycles. The standard InChI is InChI=1S/C18H18N2O4S/c1-2-25-10-20-17-11(5-4-8-19-17)9-12(18(20)24)16(23)15-13(21)6-3-7-14(15)22/h4-5,8-9,23H,2-3,6-7,10H2,1H3. The maximum Gasteiger partial charge on any atom is 0.264 e. The number of hydrogen-bond acceptors (Lipinski definition) is 6. The van der Waals surface area contributed by atoms with Gasteiger partial charge >= 0.3 is 0 Å². The van der Waals surface area contributed by atoms with Gasteiger partial charge < -0.3 is 5.11 Å². The summed E-state index contributed by atoms with van der Waals surface area (Å²) in [5.41, 5.74) is -0.225. The average Bonchev–Trinajstić information content (AvgIpc) is 2.60. The van der Waals surface area contributed by atoms with E-state index in [1.807, 2.05) is 6.92 Å². The summed E-state index contributed by atoms with van der Waals surface area (Å²) in [7, 11) is 0. The maximum atomic E-state index is 12.9. The third-order valence-electron chi connectivity index (χ3n) is 4.13. The van der Waals surface area contributed by atoms with E-state index < -0.39 is 22.9 Å². The molecule has 0 unspecified atom stereocenters. The number of allylic oxidation sites excluding steroid dienone is 1. The number of Topliss-reactive ketones (excluding diaryl/α,β-unsaturated/α-hetero) is 2. The van der Waals surface area contributed by atoms with Crippen LogP contribution in [0.5, 0.6) is 0 Å². The van der Waals surface area contributed by atoms with Crippen LogP contribution in [0.4, 0.5) is 0 Å². The molecule has 2 aromatic rings. The molecular formula is C18H18N2O4S. The smallest absolute Gasteiger partial charge is 0.264 e. The number of aliphatic hydroxyl groups is 1. The number of carbonyl (C=O) groups is 2. The molecule has 0 spiro atoms. The number of carbonyl (C=O) groups excluding carboxylic acids is 2. The van der Waals surface area contributed by atoms with Crippen molar-refractivity contribution in [1.82, 2.24) is 9.55 Å². The highest BCUT2D eigenvalue weighted by Crippen LogP contribution is 2.25. The third kappa shape index (κ3) is 3.24. The highest BCUT2D eigenvalue weighted by atomic mass is 32.2. The minimum absolute atomic E-state index is 0.0317. The number of ketones is 2.